The van der Waals surface area contributed by atoms with E-state index in [-0.39, 0.29) is 6.54 Å². The van der Waals surface area contributed by atoms with E-state index >= 15 is 0 Å². The predicted molar refractivity (Wildman–Crippen MR) is 76.4 cm³/mol. The molecule has 108 valence electrons. The largest absolute Gasteiger partial charge is 0.497 e. The van der Waals surface area contributed by atoms with Crippen molar-refractivity contribution in [2.75, 3.05) is 25.5 Å². The van der Waals surface area contributed by atoms with Crippen LogP contribution in [0.25, 0.3) is 0 Å². The van der Waals surface area contributed by atoms with Crippen LogP contribution in [0.15, 0.2) is 30.9 Å². The first kappa shape index (κ1) is 15.8. The maximum absolute atomic E-state index is 12.0. The minimum atomic E-state index is -1.11. The molecule has 0 bridgehead atoms. The summed E-state index contributed by atoms with van der Waals surface area (Å²) in [4.78, 5) is 23.8. The molecule has 0 saturated heterocycles. The second-order valence-corrected chi connectivity index (χ2v) is 4.25. The van der Waals surface area contributed by atoms with Crippen molar-refractivity contribution < 1.29 is 19.4 Å². The number of amides is 2. The molecule has 2 amide bonds. The smallest absolute Gasteiger partial charge is 0.323 e. The molecule has 7 heteroatoms. The summed E-state index contributed by atoms with van der Waals surface area (Å²) >= 11 is 5.96. The second kappa shape index (κ2) is 7.40. The SMILES string of the molecule is C=CCN(CC(=O)O)C(=O)Nc1cc(OC)ccc1Cl. The number of carboxylic acids is 1. The number of nitrogens with one attached hydrogen (secondary N) is 1. The number of carbonyl (C=O) groups is 2. The number of benzene rings is 1. The van der Waals surface area contributed by atoms with Gasteiger partial charge in [0.2, 0.25) is 0 Å². The molecule has 0 aliphatic heterocycles. The van der Waals surface area contributed by atoms with E-state index in [9.17, 15) is 9.59 Å². The minimum absolute atomic E-state index is 0.111. The van der Waals surface area contributed by atoms with Crippen LogP contribution in [-0.2, 0) is 4.79 Å². The van der Waals surface area contributed by atoms with Crippen LogP contribution in [0.2, 0.25) is 5.02 Å². The van der Waals surface area contributed by atoms with Gasteiger partial charge in [-0.3, -0.25) is 4.79 Å². The van der Waals surface area contributed by atoms with Crippen molar-refractivity contribution in [1.82, 2.24) is 4.90 Å². The van der Waals surface area contributed by atoms with E-state index in [4.69, 9.17) is 21.4 Å². The van der Waals surface area contributed by atoms with E-state index in [1.165, 1.54) is 13.2 Å². The van der Waals surface area contributed by atoms with Crippen LogP contribution in [0.5, 0.6) is 5.75 Å². The summed E-state index contributed by atoms with van der Waals surface area (Å²) in [5.74, 6) is -0.586. The van der Waals surface area contributed by atoms with Crippen LogP contribution in [0.3, 0.4) is 0 Å². The molecule has 0 spiro atoms. The van der Waals surface area contributed by atoms with E-state index in [1.54, 1.807) is 18.2 Å². The minimum Gasteiger partial charge on any atom is -0.497 e. The van der Waals surface area contributed by atoms with E-state index in [0.717, 1.165) is 4.90 Å². The van der Waals surface area contributed by atoms with Crippen molar-refractivity contribution in [3.8, 4) is 5.75 Å². The van der Waals surface area contributed by atoms with E-state index in [2.05, 4.69) is 11.9 Å². The molecule has 0 aromatic heterocycles. The number of aliphatic carboxylic acids is 1. The van der Waals surface area contributed by atoms with Gasteiger partial charge >= 0.3 is 12.0 Å². The zero-order valence-electron chi connectivity index (χ0n) is 10.9. The fraction of sp³-hybridized carbons (Fsp3) is 0.231. The zero-order valence-corrected chi connectivity index (χ0v) is 11.7. The van der Waals surface area contributed by atoms with Crippen LogP contribution in [0.1, 0.15) is 0 Å². The Morgan fingerprint density at radius 1 is 1.55 bits per heavy atom. The second-order valence-electron chi connectivity index (χ2n) is 3.84. The summed E-state index contributed by atoms with van der Waals surface area (Å²) in [6.07, 6.45) is 1.44. The monoisotopic (exact) mass is 298 g/mol. The van der Waals surface area contributed by atoms with Crippen molar-refractivity contribution in [2.45, 2.75) is 0 Å². The Morgan fingerprint density at radius 2 is 2.25 bits per heavy atom. The number of anilines is 1. The van der Waals surface area contributed by atoms with Gasteiger partial charge in [0.1, 0.15) is 12.3 Å². The topological polar surface area (TPSA) is 78.9 Å². The summed E-state index contributed by atoms with van der Waals surface area (Å²) < 4.78 is 5.03. The highest BCUT2D eigenvalue weighted by atomic mass is 35.5. The third-order valence-corrected chi connectivity index (χ3v) is 2.71. The fourth-order valence-corrected chi connectivity index (χ4v) is 1.62. The molecule has 0 heterocycles. The van der Waals surface area contributed by atoms with Crippen molar-refractivity contribution in [3.63, 3.8) is 0 Å². The zero-order chi connectivity index (χ0) is 15.1. The first-order valence-electron chi connectivity index (χ1n) is 5.70. The van der Waals surface area contributed by atoms with Crippen LogP contribution in [0.4, 0.5) is 10.5 Å². The van der Waals surface area contributed by atoms with Crippen LogP contribution >= 0.6 is 11.6 Å². The Morgan fingerprint density at radius 3 is 2.80 bits per heavy atom. The van der Waals surface area contributed by atoms with Gasteiger partial charge in [-0.15, -0.1) is 6.58 Å². The quantitative estimate of drug-likeness (QED) is 0.791. The molecular formula is C13H15ClN2O4. The Labute approximate surface area is 121 Å². The first-order chi connectivity index (χ1) is 9.47. The Balaban J connectivity index is 2.86. The summed E-state index contributed by atoms with van der Waals surface area (Å²) in [7, 11) is 1.49. The third-order valence-electron chi connectivity index (χ3n) is 2.38. The van der Waals surface area contributed by atoms with E-state index in [0.29, 0.717) is 16.5 Å². The predicted octanol–water partition coefficient (Wildman–Crippen LogP) is 2.45. The Bertz CT molecular complexity index is 519. The number of halogens is 1. The maximum Gasteiger partial charge on any atom is 0.323 e. The maximum atomic E-state index is 12.0. The van der Waals surface area contributed by atoms with Crippen molar-refractivity contribution in [2.24, 2.45) is 0 Å². The number of carboxylic acid groups (broad SMARTS) is 1. The first-order valence-corrected chi connectivity index (χ1v) is 6.08. The standard InChI is InChI=1S/C13H15ClN2O4/c1-3-6-16(8-12(17)18)13(19)15-11-7-9(20-2)4-5-10(11)14/h3-5,7H,1,6,8H2,2H3,(H,15,19)(H,17,18). The molecule has 0 atom stereocenters. The molecule has 0 aliphatic carbocycles. The van der Waals surface area contributed by atoms with E-state index < -0.39 is 18.5 Å². The Hall–Kier alpha value is -2.21. The van der Waals surface area contributed by atoms with Crippen LogP contribution in [0, 0.1) is 0 Å². The summed E-state index contributed by atoms with van der Waals surface area (Å²) in [5.41, 5.74) is 0.343. The van der Waals surface area contributed by atoms with Gasteiger partial charge < -0.3 is 20.1 Å². The number of hydrogen-bond donors (Lipinski definition) is 2. The lowest BCUT2D eigenvalue weighted by Crippen LogP contribution is -2.38. The van der Waals surface area contributed by atoms with E-state index in [1.807, 2.05) is 0 Å². The molecule has 1 rings (SSSR count). The molecule has 6 nitrogen and oxygen atoms in total. The highest BCUT2D eigenvalue weighted by Gasteiger charge is 2.16. The summed E-state index contributed by atoms with van der Waals surface area (Å²) in [6.45, 7) is 3.16. The highest BCUT2D eigenvalue weighted by Crippen LogP contribution is 2.26. The number of rotatable bonds is 6. The lowest BCUT2D eigenvalue weighted by molar-refractivity contribution is -0.137. The van der Waals surface area contributed by atoms with Gasteiger partial charge in [-0.05, 0) is 12.1 Å². The summed E-state index contributed by atoms with van der Waals surface area (Å²) in [5, 5.41) is 11.6. The number of ether oxygens (including phenoxy) is 1. The molecule has 0 aliphatic rings. The molecule has 1 aromatic carbocycles. The van der Waals surface area contributed by atoms with Crippen LogP contribution in [-0.4, -0.2) is 42.2 Å². The van der Waals surface area contributed by atoms with Gasteiger partial charge in [0.15, 0.2) is 0 Å². The molecule has 0 radical (unpaired) electrons. The van der Waals surface area contributed by atoms with Gasteiger partial charge in [0, 0.05) is 12.6 Å². The van der Waals surface area contributed by atoms with Gasteiger partial charge in [-0.25, -0.2) is 4.79 Å². The van der Waals surface area contributed by atoms with Crippen molar-refractivity contribution in [3.05, 3.63) is 35.9 Å². The lowest BCUT2D eigenvalue weighted by Gasteiger charge is -2.20. The molecule has 0 saturated carbocycles. The fourth-order valence-electron chi connectivity index (χ4n) is 1.46. The lowest BCUT2D eigenvalue weighted by atomic mass is 10.3. The normalized spacial score (nSPS) is 9.70. The molecule has 20 heavy (non-hydrogen) atoms. The molecular weight excluding hydrogens is 284 g/mol. The summed E-state index contributed by atoms with van der Waals surface area (Å²) in [6, 6.07) is 4.19. The van der Waals surface area contributed by atoms with Crippen molar-refractivity contribution in [1.29, 1.82) is 0 Å². The highest BCUT2D eigenvalue weighted by molar-refractivity contribution is 6.33. The van der Waals surface area contributed by atoms with Crippen molar-refractivity contribution >= 4 is 29.3 Å². The number of urea groups is 1. The molecule has 2 N–H and O–H groups in total. The number of methoxy groups -OCH3 is 1. The average Bonchev–Trinajstić information content (AvgIpc) is 2.40. The number of carbonyl (C=O) groups excluding carboxylic acids is 1. The third kappa shape index (κ3) is 4.47. The van der Waals surface area contributed by atoms with Gasteiger partial charge in [0.05, 0.1) is 17.8 Å². The molecule has 0 unspecified atom stereocenters. The molecule has 0 fully saturated rings. The van der Waals surface area contributed by atoms with Gasteiger partial charge in [-0.2, -0.15) is 0 Å². The molecule has 1 aromatic rings. The average molecular weight is 299 g/mol. The van der Waals surface area contributed by atoms with Gasteiger partial charge in [0.25, 0.3) is 0 Å². The Kier molecular flexibility index (Phi) is 5.86. The number of hydrogen-bond acceptors (Lipinski definition) is 3. The van der Waals surface area contributed by atoms with Gasteiger partial charge in [-0.1, -0.05) is 17.7 Å². The number of nitrogens with zero attached hydrogens (tertiary/aromatic N) is 1. The van der Waals surface area contributed by atoms with Crippen LogP contribution < -0.4 is 10.1 Å².